The van der Waals surface area contributed by atoms with E-state index in [0.717, 1.165) is 18.2 Å². The molecule has 0 saturated carbocycles. The Kier molecular flexibility index (Phi) is 4.53. The molecule has 0 amide bonds. The van der Waals surface area contributed by atoms with E-state index in [0.29, 0.717) is 13.1 Å². The molecule has 2 aromatic rings. The Balaban J connectivity index is 1.80. The van der Waals surface area contributed by atoms with E-state index < -0.39 is 17.7 Å². The monoisotopic (exact) mass is 268 g/mol. The van der Waals surface area contributed by atoms with E-state index in [4.69, 9.17) is 0 Å². The van der Waals surface area contributed by atoms with Crippen LogP contribution in [0.5, 0.6) is 0 Å². The lowest BCUT2D eigenvalue weighted by Crippen LogP contribution is -2.26. The Morgan fingerprint density at radius 2 is 2.21 bits per heavy atom. The number of aliphatic hydroxyl groups is 1. The summed E-state index contributed by atoms with van der Waals surface area (Å²) < 4.78 is 28.0. The number of halogens is 2. The molecule has 2 rings (SSSR count). The van der Waals surface area contributed by atoms with Crippen molar-refractivity contribution in [3.05, 3.63) is 47.8 Å². The molecule has 102 valence electrons. The van der Waals surface area contributed by atoms with Crippen LogP contribution in [0.25, 0.3) is 0 Å². The van der Waals surface area contributed by atoms with E-state index in [1.165, 1.54) is 0 Å². The lowest BCUT2D eigenvalue weighted by atomic mass is 10.1. The second kappa shape index (κ2) is 6.35. The van der Waals surface area contributed by atoms with Gasteiger partial charge in [0, 0.05) is 24.8 Å². The second-order valence-electron chi connectivity index (χ2n) is 4.05. The van der Waals surface area contributed by atoms with E-state index >= 15 is 0 Å². The molecule has 1 atom stereocenters. The highest BCUT2D eigenvalue weighted by Gasteiger charge is 2.13. The van der Waals surface area contributed by atoms with Crippen LogP contribution in [0, 0.1) is 11.6 Å². The maximum atomic E-state index is 13.4. The van der Waals surface area contributed by atoms with Crippen LogP contribution in [-0.4, -0.2) is 33.2 Å². The molecule has 0 aliphatic rings. The molecular weight excluding hydrogens is 254 g/mol. The Hall–Kier alpha value is -1.86. The maximum Gasteiger partial charge on any atom is 0.129 e. The summed E-state index contributed by atoms with van der Waals surface area (Å²) in [6.07, 6.45) is 2.19. The molecule has 19 heavy (non-hydrogen) atoms. The van der Waals surface area contributed by atoms with Crippen molar-refractivity contribution in [2.75, 3.05) is 13.1 Å². The predicted molar refractivity (Wildman–Crippen MR) is 64.2 cm³/mol. The van der Waals surface area contributed by atoms with E-state index in [1.54, 1.807) is 17.1 Å². The number of hydrogen-bond acceptors (Lipinski definition) is 4. The highest BCUT2D eigenvalue weighted by atomic mass is 19.1. The van der Waals surface area contributed by atoms with Gasteiger partial charge in [0.15, 0.2) is 0 Å². The molecule has 0 radical (unpaired) electrons. The van der Waals surface area contributed by atoms with Gasteiger partial charge in [-0.2, -0.15) is 0 Å². The molecule has 1 aromatic heterocycles. The molecule has 1 unspecified atom stereocenters. The first-order valence-corrected chi connectivity index (χ1v) is 5.84. The fourth-order valence-electron chi connectivity index (χ4n) is 1.66. The SMILES string of the molecule is OC(CNCCn1ccnn1)c1cc(F)ccc1F. The van der Waals surface area contributed by atoms with Crippen molar-refractivity contribution in [3.63, 3.8) is 0 Å². The zero-order valence-electron chi connectivity index (χ0n) is 10.1. The first kappa shape index (κ1) is 13.6. The van der Waals surface area contributed by atoms with Gasteiger partial charge in [-0.15, -0.1) is 5.10 Å². The summed E-state index contributed by atoms with van der Waals surface area (Å²) in [6.45, 7) is 1.25. The van der Waals surface area contributed by atoms with E-state index in [9.17, 15) is 13.9 Å². The van der Waals surface area contributed by atoms with Gasteiger partial charge in [-0.05, 0) is 18.2 Å². The Morgan fingerprint density at radius 3 is 2.95 bits per heavy atom. The maximum absolute atomic E-state index is 13.4. The van der Waals surface area contributed by atoms with Crippen molar-refractivity contribution in [1.29, 1.82) is 0 Å². The zero-order chi connectivity index (χ0) is 13.7. The summed E-state index contributed by atoms with van der Waals surface area (Å²) in [5.41, 5.74) is -0.0479. The summed E-state index contributed by atoms with van der Waals surface area (Å²) in [4.78, 5) is 0. The molecule has 0 saturated heterocycles. The number of nitrogens with zero attached hydrogens (tertiary/aromatic N) is 3. The van der Waals surface area contributed by atoms with Crippen LogP contribution < -0.4 is 5.32 Å². The van der Waals surface area contributed by atoms with Crippen LogP contribution in [0.3, 0.4) is 0 Å². The van der Waals surface area contributed by atoms with Crippen LogP contribution >= 0.6 is 0 Å². The minimum absolute atomic E-state index is 0.0479. The molecule has 0 fully saturated rings. The molecular formula is C12H14F2N4O. The minimum Gasteiger partial charge on any atom is -0.387 e. The number of rotatable bonds is 6. The topological polar surface area (TPSA) is 63.0 Å². The van der Waals surface area contributed by atoms with Gasteiger partial charge in [0.2, 0.25) is 0 Å². The summed E-state index contributed by atoms with van der Waals surface area (Å²) in [6, 6.07) is 3.02. The molecule has 0 aliphatic heterocycles. The average Bonchev–Trinajstić information content (AvgIpc) is 2.90. The molecule has 1 aromatic carbocycles. The third-order valence-electron chi connectivity index (χ3n) is 2.64. The molecule has 5 nitrogen and oxygen atoms in total. The molecule has 1 heterocycles. The van der Waals surface area contributed by atoms with Crippen molar-refractivity contribution < 1.29 is 13.9 Å². The van der Waals surface area contributed by atoms with Gasteiger partial charge in [0.25, 0.3) is 0 Å². The third-order valence-corrected chi connectivity index (χ3v) is 2.64. The highest BCUT2D eigenvalue weighted by Crippen LogP contribution is 2.17. The molecule has 0 aliphatic carbocycles. The first-order valence-electron chi connectivity index (χ1n) is 5.84. The summed E-state index contributed by atoms with van der Waals surface area (Å²) in [5, 5.41) is 20.1. The second-order valence-corrected chi connectivity index (χ2v) is 4.05. The summed E-state index contributed by atoms with van der Waals surface area (Å²) >= 11 is 0. The van der Waals surface area contributed by atoms with E-state index in [1.807, 2.05) is 0 Å². The van der Waals surface area contributed by atoms with Crippen molar-refractivity contribution in [3.8, 4) is 0 Å². The Bertz CT molecular complexity index is 518. The molecule has 7 heteroatoms. The lowest BCUT2D eigenvalue weighted by Gasteiger charge is -2.13. The van der Waals surface area contributed by atoms with Crippen molar-refractivity contribution in [1.82, 2.24) is 20.3 Å². The highest BCUT2D eigenvalue weighted by molar-refractivity contribution is 5.21. The van der Waals surface area contributed by atoms with Crippen molar-refractivity contribution in [2.24, 2.45) is 0 Å². The van der Waals surface area contributed by atoms with Crippen LogP contribution in [0.2, 0.25) is 0 Å². The van der Waals surface area contributed by atoms with Crippen LogP contribution in [0.1, 0.15) is 11.7 Å². The van der Waals surface area contributed by atoms with Gasteiger partial charge in [-0.3, -0.25) is 4.68 Å². The number of hydrogen-bond donors (Lipinski definition) is 2. The average molecular weight is 268 g/mol. The van der Waals surface area contributed by atoms with Crippen LogP contribution in [0.4, 0.5) is 8.78 Å². The summed E-state index contributed by atoms with van der Waals surface area (Å²) in [7, 11) is 0. The smallest absolute Gasteiger partial charge is 0.129 e. The normalized spacial score (nSPS) is 12.6. The van der Waals surface area contributed by atoms with Gasteiger partial charge < -0.3 is 10.4 Å². The summed E-state index contributed by atoms with van der Waals surface area (Å²) in [5.74, 6) is -1.19. The van der Waals surface area contributed by atoms with Gasteiger partial charge in [-0.1, -0.05) is 5.21 Å². The Labute approximate surface area is 108 Å². The number of aromatic nitrogens is 3. The van der Waals surface area contributed by atoms with E-state index in [2.05, 4.69) is 15.6 Å². The molecule has 0 bridgehead atoms. The van der Waals surface area contributed by atoms with Gasteiger partial charge in [-0.25, -0.2) is 8.78 Å². The standard InChI is InChI=1S/C12H14F2N4O/c13-9-1-2-11(14)10(7-9)12(19)8-15-3-5-18-6-4-16-17-18/h1-2,4,6-7,12,15,19H,3,5,8H2. The fourth-order valence-corrected chi connectivity index (χ4v) is 1.66. The largest absolute Gasteiger partial charge is 0.387 e. The fraction of sp³-hybridized carbons (Fsp3) is 0.333. The predicted octanol–water partition coefficient (Wildman–Crippen LogP) is 0.879. The third kappa shape index (κ3) is 3.80. The van der Waals surface area contributed by atoms with Crippen LogP contribution in [0.15, 0.2) is 30.6 Å². The van der Waals surface area contributed by atoms with Crippen LogP contribution in [-0.2, 0) is 6.54 Å². The zero-order valence-corrected chi connectivity index (χ0v) is 10.1. The van der Waals surface area contributed by atoms with E-state index in [-0.39, 0.29) is 12.1 Å². The quantitative estimate of drug-likeness (QED) is 0.763. The Morgan fingerprint density at radius 1 is 1.37 bits per heavy atom. The number of benzene rings is 1. The molecule has 0 spiro atoms. The van der Waals surface area contributed by atoms with Crippen molar-refractivity contribution >= 4 is 0 Å². The van der Waals surface area contributed by atoms with Crippen molar-refractivity contribution in [2.45, 2.75) is 12.6 Å². The van der Waals surface area contributed by atoms with Gasteiger partial charge >= 0.3 is 0 Å². The minimum atomic E-state index is -1.09. The molecule has 2 N–H and O–H groups in total. The van der Waals surface area contributed by atoms with Gasteiger partial charge in [0.1, 0.15) is 11.6 Å². The number of nitrogens with one attached hydrogen (secondary N) is 1. The number of aliphatic hydroxyl groups excluding tert-OH is 1. The van der Waals surface area contributed by atoms with Gasteiger partial charge in [0.05, 0.1) is 18.8 Å². The first-order chi connectivity index (χ1) is 9.16. The lowest BCUT2D eigenvalue weighted by molar-refractivity contribution is 0.169.